The average molecular weight is 206 g/mol. The lowest BCUT2D eigenvalue weighted by Crippen LogP contribution is -2.07. The van der Waals surface area contributed by atoms with Crippen molar-refractivity contribution in [1.82, 2.24) is 0 Å². The van der Waals surface area contributed by atoms with Gasteiger partial charge in [-0.05, 0) is 5.56 Å². The molecule has 0 N–H and O–H groups in total. The number of hydrogen-bond acceptors (Lipinski definition) is 3. The summed E-state index contributed by atoms with van der Waals surface area (Å²) in [7, 11) is 1.40. The molecule has 0 unspecified atom stereocenters. The molecule has 1 aromatic carbocycles. The second-order valence-corrected chi connectivity index (χ2v) is 3.68. The Hall–Kier alpha value is -1.35. The summed E-state index contributed by atoms with van der Waals surface area (Å²) in [6.45, 7) is 0. The molecule has 1 heterocycles. The molecule has 0 amide bonds. The number of carbonyl (C=O) groups excluding carboxylic acids is 1. The molecule has 1 aliphatic rings. The number of rotatable bonds is 4. The highest BCUT2D eigenvalue weighted by atomic mass is 16.6. The van der Waals surface area contributed by atoms with Gasteiger partial charge in [0.25, 0.3) is 0 Å². The Morgan fingerprint density at radius 1 is 1.33 bits per heavy atom. The summed E-state index contributed by atoms with van der Waals surface area (Å²) in [6, 6.07) is 10.1. The Balaban J connectivity index is 1.78. The second kappa shape index (κ2) is 4.45. The van der Waals surface area contributed by atoms with Gasteiger partial charge >= 0.3 is 5.97 Å². The van der Waals surface area contributed by atoms with Crippen molar-refractivity contribution in [2.45, 2.75) is 25.0 Å². The first-order chi connectivity index (χ1) is 7.29. The van der Waals surface area contributed by atoms with E-state index in [2.05, 4.69) is 16.9 Å². The highest BCUT2D eigenvalue weighted by Gasteiger charge is 2.40. The maximum Gasteiger partial charge on any atom is 0.308 e. The van der Waals surface area contributed by atoms with E-state index in [9.17, 15) is 4.79 Å². The number of methoxy groups -OCH3 is 1. The molecule has 80 valence electrons. The van der Waals surface area contributed by atoms with Crippen LogP contribution in [0.25, 0.3) is 0 Å². The minimum Gasteiger partial charge on any atom is -0.469 e. The van der Waals surface area contributed by atoms with Gasteiger partial charge in [0.2, 0.25) is 0 Å². The highest BCUT2D eigenvalue weighted by Crippen LogP contribution is 2.28. The van der Waals surface area contributed by atoms with Crippen molar-refractivity contribution in [2.75, 3.05) is 7.11 Å². The van der Waals surface area contributed by atoms with Gasteiger partial charge in [-0.1, -0.05) is 30.3 Å². The minimum absolute atomic E-state index is 0.0534. The van der Waals surface area contributed by atoms with Crippen molar-refractivity contribution in [2.24, 2.45) is 0 Å². The van der Waals surface area contributed by atoms with Crippen molar-refractivity contribution < 1.29 is 14.3 Å². The number of carbonyl (C=O) groups is 1. The van der Waals surface area contributed by atoms with E-state index in [1.807, 2.05) is 18.2 Å². The molecule has 0 radical (unpaired) electrons. The van der Waals surface area contributed by atoms with E-state index in [0.717, 1.165) is 6.42 Å². The SMILES string of the molecule is COC(=O)C[C@@H]1O[C@@H]1Cc1ccccc1. The van der Waals surface area contributed by atoms with Crippen LogP contribution in [0.15, 0.2) is 30.3 Å². The summed E-state index contributed by atoms with van der Waals surface area (Å²) in [5.74, 6) is -0.199. The van der Waals surface area contributed by atoms with E-state index in [1.165, 1.54) is 12.7 Å². The third-order valence-electron chi connectivity index (χ3n) is 2.56. The molecular formula is C12H14O3. The first-order valence-corrected chi connectivity index (χ1v) is 5.06. The fourth-order valence-corrected chi connectivity index (χ4v) is 1.63. The molecule has 15 heavy (non-hydrogen) atoms. The molecule has 2 atom stereocenters. The Kier molecular flexibility index (Phi) is 3.02. The van der Waals surface area contributed by atoms with Crippen molar-refractivity contribution in [1.29, 1.82) is 0 Å². The van der Waals surface area contributed by atoms with E-state index in [1.54, 1.807) is 0 Å². The number of hydrogen-bond donors (Lipinski definition) is 0. The van der Waals surface area contributed by atoms with Crippen LogP contribution in [0.2, 0.25) is 0 Å². The molecule has 2 rings (SSSR count). The molecule has 0 spiro atoms. The lowest BCUT2D eigenvalue weighted by molar-refractivity contribution is -0.140. The monoisotopic (exact) mass is 206 g/mol. The van der Waals surface area contributed by atoms with Gasteiger partial charge in [-0.15, -0.1) is 0 Å². The van der Waals surface area contributed by atoms with E-state index >= 15 is 0 Å². The zero-order valence-electron chi connectivity index (χ0n) is 8.68. The van der Waals surface area contributed by atoms with E-state index < -0.39 is 0 Å². The van der Waals surface area contributed by atoms with Crippen LogP contribution in [0.3, 0.4) is 0 Å². The van der Waals surface area contributed by atoms with Gasteiger partial charge in [0, 0.05) is 6.42 Å². The molecule has 1 fully saturated rings. The zero-order valence-corrected chi connectivity index (χ0v) is 8.68. The standard InChI is InChI=1S/C12H14O3/c1-14-12(13)8-11-10(15-11)7-9-5-3-2-4-6-9/h2-6,10-11H,7-8H2,1H3/t10-,11+/m1/s1. The normalized spacial score (nSPS) is 23.5. The summed E-state index contributed by atoms with van der Waals surface area (Å²) in [4.78, 5) is 11.0. The quantitative estimate of drug-likeness (QED) is 0.554. The highest BCUT2D eigenvalue weighted by molar-refractivity contribution is 5.70. The Morgan fingerprint density at radius 3 is 2.73 bits per heavy atom. The summed E-state index contributed by atoms with van der Waals surface area (Å²) in [6.07, 6.45) is 1.49. The van der Waals surface area contributed by atoms with Gasteiger partial charge in [-0.25, -0.2) is 0 Å². The van der Waals surface area contributed by atoms with E-state index in [-0.39, 0.29) is 18.2 Å². The van der Waals surface area contributed by atoms with Gasteiger partial charge in [0.1, 0.15) is 0 Å². The Labute approximate surface area is 89.0 Å². The van der Waals surface area contributed by atoms with E-state index in [4.69, 9.17) is 4.74 Å². The van der Waals surface area contributed by atoms with Gasteiger partial charge in [0.15, 0.2) is 0 Å². The van der Waals surface area contributed by atoms with Crippen molar-refractivity contribution in [3.05, 3.63) is 35.9 Å². The van der Waals surface area contributed by atoms with Crippen molar-refractivity contribution >= 4 is 5.97 Å². The third-order valence-corrected chi connectivity index (χ3v) is 2.56. The summed E-state index contributed by atoms with van der Waals surface area (Å²) in [5, 5.41) is 0. The van der Waals surface area contributed by atoms with Crippen LogP contribution in [0.5, 0.6) is 0 Å². The first kappa shape index (κ1) is 10.2. The summed E-state index contributed by atoms with van der Waals surface area (Å²) < 4.78 is 9.97. The fourth-order valence-electron chi connectivity index (χ4n) is 1.63. The Morgan fingerprint density at radius 2 is 2.07 bits per heavy atom. The number of epoxide rings is 1. The van der Waals surface area contributed by atoms with Crippen LogP contribution in [0.4, 0.5) is 0 Å². The molecular weight excluding hydrogens is 192 g/mol. The van der Waals surface area contributed by atoms with Gasteiger partial charge in [0.05, 0.1) is 25.7 Å². The van der Waals surface area contributed by atoms with Crippen LogP contribution in [-0.4, -0.2) is 25.3 Å². The first-order valence-electron chi connectivity index (χ1n) is 5.06. The van der Waals surface area contributed by atoms with Gasteiger partial charge in [-0.2, -0.15) is 0 Å². The molecule has 0 bridgehead atoms. The molecule has 0 saturated carbocycles. The molecule has 0 aliphatic carbocycles. The largest absolute Gasteiger partial charge is 0.469 e. The summed E-state index contributed by atoms with van der Waals surface area (Å²) >= 11 is 0. The maximum absolute atomic E-state index is 11.0. The van der Waals surface area contributed by atoms with Crippen LogP contribution in [0.1, 0.15) is 12.0 Å². The summed E-state index contributed by atoms with van der Waals surface area (Å²) in [5.41, 5.74) is 1.25. The molecule has 3 heteroatoms. The minimum atomic E-state index is -0.199. The topological polar surface area (TPSA) is 38.8 Å². The third kappa shape index (κ3) is 2.80. The van der Waals surface area contributed by atoms with Crippen LogP contribution >= 0.6 is 0 Å². The van der Waals surface area contributed by atoms with Gasteiger partial charge < -0.3 is 9.47 Å². The Bertz CT molecular complexity index is 334. The molecule has 1 aliphatic heterocycles. The number of ether oxygens (including phenoxy) is 2. The van der Waals surface area contributed by atoms with Crippen LogP contribution in [-0.2, 0) is 20.7 Å². The van der Waals surface area contributed by atoms with Crippen LogP contribution < -0.4 is 0 Å². The van der Waals surface area contributed by atoms with Gasteiger partial charge in [-0.3, -0.25) is 4.79 Å². The predicted molar refractivity (Wildman–Crippen MR) is 55.4 cm³/mol. The number of esters is 1. The average Bonchev–Trinajstić information content (AvgIpc) is 2.97. The van der Waals surface area contributed by atoms with E-state index in [0.29, 0.717) is 6.42 Å². The van der Waals surface area contributed by atoms with Crippen molar-refractivity contribution in [3.8, 4) is 0 Å². The zero-order chi connectivity index (χ0) is 10.7. The number of benzene rings is 1. The van der Waals surface area contributed by atoms with Crippen LogP contribution in [0, 0.1) is 0 Å². The molecule has 0 aromatic heterocycles. The molecule has 1 aromatic rings. The lowest BCUT2D eigenvalue weighted by Gasteiger charge is -1.96. The maximum atomic E-state index is 11.0. The fraction of sp³-hybridized carbons (Fsp3) is 0.417. The predicted octanol–water partition coefficient (Wildman–Crippen LogP) is 1.56. The van der Waals surface area contributed by atoms with Crippen molar-refractivity contribution in [3.63, 3.8) is 0 Å². The molecule has 1 saturated heterocycles. The molecule has 3 nitrogen and oxygen atoms in total. The smallest absolute Gasteiger partial charge is 0.308 e. The second-order valence-electron chi connectivity index (χ2n) is 3.68. The lowest BCUT2D eigenvalue weighted by atomic mass is 10.1.